The van der Waals surface area contributed by atoms with E-state index in [-0.39, 0.29) is 40.7 Å². The second kappa shape index (κ2) is 12.1. The number of rotatable bonds is 8. The third kappa shape index (κ3) is 6.98. The van der Waals surface area contributed by atoms with Crippen LogP contribution in [0.3, 0.4) is 0 Å². The van der Waals surface area contributed by atoms with Gasteiger partial charge in [0.05, 0.1) is 11.7 Å². The van der Waals surface area contributed by atoms with E-state index in [2.05, 4.69) is 32.5 Å². The molecule has 0 saturated heterocycles. The predicted octanol–water partition coefficient (Wildman–Crippen LogP) is 5.06. The highest BCUT2D eigenvalue weighted by Crippen LogP contribution is 2.34. The minimum absolute atomic E-state index is 0.0550. The van der Waals surface area contributed by atoms with Crippen LogP contribution >= 0.6 is 11.8 Å². The number of carbonyl (C=O) groups is 1. The van der Waals surface area contributed by atoms with Crippen molar-refractivity contribution in [1.29, 1.82) is 0 Å². The van der Waals surface area contributed by atoms with Gasteiger partial charge in [0, 0.05) is 30.0 Å². The van der Waals surface area contributed by atoms with Crippen molar-refractivity contribution < 1.29 is 17.6 Å². The van der Waals surface area contributed by atoms with Crippen molar-refractivity contribution >= 4 is 33.4 Å². The summed E-state index contributed by atoms with van der Waals surface area (Å²) in [6, 6.07) is 17.7. The van der Waals surface area contributed by atoms with Gasteiger partial charge in [0.2, 0.25) is 15.9 Å². The highest BCUT2D eigenvalue weighted by Gasteiger charge is 2.30. The van der Waals surface area contributed by atoms with Crippen LogP contribution in [0.5, 0.6) is 0 Å². The number of halogens is 1. The van der Waals surface area contributed by atoms with E-state index >= 15 is 0 Å². The zero-order valence-corrected chi connectivity index (χ0v) is 23.4. The lowest BCUT2D eigenvalue weighted by Crippen LogP contribution is -2.41. The molecule has 0 radical (unpaired) electrons. The van der Waals surface area contributed by atoms with E-state index in [4.69, 9.17) is 0 Å². The van der Waals surface area contributed by atoms with Gasteiger partial charge in [-0.15, -0.1) is 11.8 Å². The van der Waals surface area contributed by atoms with E-state index in [1.165, 1.54) is 23.9 Å². The van der Waals surface area contributed by atoms with Gasteiger partial charge >= 0.3 is 0 Å². The molecule has 0 spiro atoms. The van der Waals surface area contributed by atoms with Crippen molar-refractivity contribution in [3.05, 3.63) is 83.8 Å². The standard InChI is InChI=1S/C29H33FN4O3S2/c1-19(21-7-11-23(30)12-8-21)32-28(35)22-9-13-24(14-10-22)34-39(36,37)26-16-27-29(31-17-26)38-18-25(33-27)15-20-5-3-2-4-6-20/h2-8,11-12,16-17,19,22,24-25,33-34H,9-10,13-15,18H2,1H3,(H,32,35)/t19-,22?,24?,25+/m1/s1. The molecule has 1 amide bonds. The van der Waals surface area contributed by atoms with Crippen molar-refractivity contribution in [2.45, 2.75) is 67.1 Å². The minimum Gasteiger partial charge on any atom is -0.379 e. The highest BCUT2D eigenvalue weighted by molar-refractivity contribution is 7.99. The molecule has 2 aliphatic rings. The number of hydrogen-bond donors (Lipinski definition) is 3. The summed E-state index contributed by atoms with van der Waals surface area (Å²) in [6.45, 7) is 1.87. The van der Waals surface area contributed by atoms with Gasteiger partial charge in [-0.3, -0.25) is 4.79 Å². The minimum atomic E-state index is -3.76. The first-order valence-corrected chi connectivity index (χ1v) is 15.7. The van der Waals surface area contributed by atoms with E-state index in [0.717, 1.165) is 28.5 Å². The molecule has 0 unspecified atom stereocenters. The molecular formula is C29H33FN4O3S2. The van der Waals surface area contributed by atoms with Crippen molar-refractivity contribution in [2.75, 3.05) is 11.1 Å². The van der Waals surface area contributed by atoms with Crippen LogP contribution in [0.2, 0.25) is 0 Å². The van der Waals surface area contributed by atoms with Crippen molar-refractivity contribution in [3.63, 3.8) is 0 Å². The lowest BCUT2D eigenvalue weighted by Gasteiger charge is -2.29. The Hall–Kier alpha value is -2.95. The third-order valence-electron chi connectivity index (χ3n) is 7.39. The zero-order valence-electron chi connectivity index (χ0n) is 21.8. The number of pyridine rings is 1. The second-order valence-electron chi connectivity index (χ2n) is 10.3. The molecule has 3 N–H and O–H groups in total. The summed E-state index contributed by atoms with van der Waals surface area (Å²) in [4.78, 5) is 17.4. The fourth-order valence-electron chi connectivity index (χ4n) is 5.18. The van der Waals surface area contributed by atoms with E-state index in [9.17, 15) is 17.6 Å². The molecule has 39 heavy (non-hydrogen) atoms. The molecule has 5 rings (SSSR count). The van der Waals surface area contributed by atoms with E-state index < -0.39 is 10.0 Å². The highest BCUT2D eigenvalue weighted by atomic mass is 32.2. The molecule has 1 aromatic heterocycles. The molecule has 7 nitrogen and oxygen atoms in total. The largest absolute Gasteiger partial charge is 0.379 e. The molecule has 10 heteroatoms. The Morgan fingerprint density at radius 2 is 1.82 bits per heavy atom. The molecule has 1 fully saturated rings. The first kappa shape index (κ1) is 27.6. The Labute approximate surface area is 233 Å². The number of sulfonamides is 1. The van der Waals surface area contributed by atoms with Gasteiger partial charge in [-0.2, -0.15) is 0 Å². The van der Waals surface area contributed by atoms with E-state index in [1.54, 1.807) is 30.0 Å². The predicted molar refractivity (Wildman–Crippen MR) is 152 cm³/mol. The number of nitrogens with one attached hydrogen (secondary N) is 3. The Morgan fingerprint density at radius 1 is 1.10 bits per heavy atom. The van der Waals surface area contributed by atoms with Crippen LogP contribution in [-0.2, 0) is 21.2 Å². The van der Waals surface area contributed by atoms with Gasteiger partial charge in [0.25, 0.3) is 0 Å². The third-order valence-corrected chi connectivity index (χ3v) is 10.0. The molecule has 1 aliphatic carbocycles. The molecular weight excluding hydrogens is 535 g/mol. The molecule has 1 aliphatic heterocycles. The maximum absolute atomic E-state index is 13.2. The number of amides is 1. The molecule has 2 heterocycles. The van der Waals surface area contributed by atoms with Gasteiger partial charge in [-0.25, -0.2) is 22.5 Å². The van der Waals surface area contributed by atoms with Crippen LogP contribution in [0, 0.1) is 11.7 Å². The summed E-state index contributed by atoms with van der Waals surface area (Å²) in [5.74, 6) is 0.313. The van der Waals surface area contributed by atoms with Crippen molar-refractivity contribution in [1.82, 2.24) is 15.0 Å². The Morgan fingerprint density at radius 3 is 2.54 bits per heavy atom. The molecule has 2 atom stereocenters. The van der Waals surface area contributed by atoms with Crippen molar-refractivity contribution in [2.24, 2.45) is 5.92 Å². The first-order valence-electron chi connectivity index (χ1n) is 13.3. The van der Waals surface area contributed by atoms with Gasteiger partial charge in [0.1, 0.15) is 15.7 Å². The van der Waals surface area contributed by atoms with Gasteiger partial charge in [-0.1, -0.05) is 42.5 Å². The quantitative estimate of drug-likeness (QED) is 0.351. The average Bonchev–Trinajstić information content (AvgIpc) is 2.93. The summed E-state index contributed by atoms with van der Waals surface area (Å²) in [5, 5.41) is 7.28. The Balaban J connectivity index is 1.15. The molecule has 0 bridgehead atoms. The second-order valence-corrected chi connectivity index (χ2v) is 13.0. The number of thioether (sulfide) groups is 1. The summed E-state index contributed by atoms with van der Waals surface area (Å²) in [5.41, 5.74) is 2.81. The zero-order chi connectivity index (χ0) is 27.4. The maximum Gasteiger partial charge on any atom is 0.242 e. The van der Waals surface area contributed by atoms with Gasteiger partial charge in [-0.05, 0) is 68.4 Å². The SMILES string of the molecule is C[C@@H](NC(=O)C1CCC(NS(=O)(=O)c2cnc3c(c2)N[C@@H](Cc2ccccc2)CS3)CC1)c1ccc(F)cc1. The van der Waals surface area contributed by atoms with Crippen molar-refractivity contribution in [3.8, 4) is 0 Å². The number of nitrogens with zero attached hydrogens (tertiary/aromatic N) is 1. The van der Waals surface area contributed by atoms with Crippen LogP contribution in [0.4, 0.5) is 10.1 Å². The van der Waals surface area contributed by atoms with E-state index in [1.807, 2.05) is 25.1 Å². The monoisotopic (exact) mass is 568 g/mol. The number of anilines is 1. The summed E-state index contributed by atoms with van der Waals surface area (Å²) in [6.07, 6.45) is 4.61. The van der Waals surface area contributed by atoms with Gasteiger partial charge in [0.15, 0.2) is 0 Å². The summed E-state index contributed by atoms with van der Waals surface area (Å²) < 4.78 is 42.4. The Bertz CT molecular complexity index is 1400. The molecule has 3 aromatic rings. The average molecular weight is 569 g/mol. The Kier molecular flexibility index (Phi) is 8.54. The van der Waals surface area contributed by atoms with Crippen LogP contribution < -0.4 is 15.4 Å². The fraction of sp³-hybridized carbons (Fsp3) is 0.379. The lowest BCUT2D eigenvalue weighted by molar-refractivity contribution is -0.126. The number of fused-ring (bicyclic) bond motifs is 1. The first-order chi connectivity index (χ1) is 18.8. The molecule has 1 saturated carbocycles. The summed E-state index contributed by atoms with van der Waals surface area (Å²) in [7, 11) is -3.76. The number of carbonyl (C=O) groups excluding carboxylic acids is 1. The normalized spacial score (nSPS) is 21.8. The number of hydrogen-bond acceptors (Lipinski definition) is 6. The molecule has 206 valence electrons. The smallest absolute Gasteiger partial charge is 0.242 e. The maximum atomic E-state index is 13.2. The summed E-state index contributed by atoms with van der Waals surface area (Å²) >= 11 is 1.63. The number of aromatic nitrogens is 1. The van der Waals surface area contributed by atoms with Crippen LogP contribution in [0.1, 0.15) is 49.8 Å². The fourth-order valence-corrected chi connectivity index (χ4v) is 7.41. The topological polar surface area (TPSA) is 100 Å². The van der Waals surface area contributed by atoms with Gasteiger partial charge < -0.3 is 10.6 Å². The van der Waals surface area contributed by atoms with Crippen LogP contribution in [0.15, 0.2) is 76.8 Å². The van der Waals surface area contributed by atoms with Crippen LogP contribution in [-0.4, -0.2) is 37.1 Å². The molecule has 2 aromatic carbocycles. The number of benzene rings is 2. The lowest BCUT2D eigenvalue weighted by atomic mass is 9.85. The van der Waals surface area contributed by atoms with Crippen LogP contribution in [0.25, 0.3) is 0 Å². The van der Waals surface area contributed by atoms with E-state index in [0.29, 0.717) is 25.7 Å².